The van der Waals surface area contributed by atoms with Gasteiger partial charge in [0.15, 0.2) is 0 Å². The predicted octanol–water partition coefficient (Wildman–Crippen LogP) is -0.411. The van der Waals surface area contributed by atoms with Gasteiger partial charge in [-0.2, -0.15) is 0 Å². The highest BCUT2D eigenvalue weighted by Gasteiger charge is 2.20. The van der Waals surface area contributed by atoms with Gasteiger partial charge in [-0.3, -0.25) is 4.79 Å². The Labute approximate surface area is 115 Å². The van der Waals surface area contributed by atoms with Gasteiger partial charge in [-0.25, -0.2) is 4.68 Å². The second-order valence-electron chi connectivity index (χ2n) is 4.37. The highest BCUT2D eigenvalue weighted by atomic mass is 16.5. The van der Waals surface area contributed by atoms with E-state index in [-0.39, 0.29) is 11.9 Å². The summed E-state index contributed by atoms with van der Waals surface area (Å²) >= 11 is 0. The van der Waals surface area contributed by atoms with Crippen LogP contribution in [0.5, 0.6) is 0 Å². The summed E-state index contributed by atoms with van der Waals surface area (Å²) in [5.41, 5.74) is 1.55. The highest BCUT2D eigenvalue weighted by molar-refractivity contribution is 5.95. The van der Waals surface area contributed by atoms with E-state index >= 15 is 0 Å². The second-order valence-corrected chi connectivity index (χ2v) is 4.37. The summed E-state index contributed by atoms with van der Waals surface area (Å²) in [4.78, 5) is 12.0. The van der Waals surface area contributed by atoms with E-state index in [2.05, 4.69) is 26.2 Å². The summed E-state index contributed by atoms with van der Waals surface area (Å²) in [6.07, 6.45) is 1.51. The number of tetrazole rings is 1. The number of benzene rings is 1. The van der Waals surface area contributed by atoms with Crippen LogP contribution in [0.4, 0.5) is 5.69 Å². The van der Waals surface area contributed by atoms with E-state index in [4.69, 9.17) is 4.74 Å². The Balaban J connectivity index is 1.64. The fourth-order valence-corrected chi connectivity index (χ4v) is 1.94. The van der Waals surface area contributed by atoms with Gasteiger partial charge in [0.05, 0.1) is 18.9 Å². The molecule has 1 amide bonds. The van der Waals surface area contributed by atoms with Crippen molar-refractivity contribution >= 4 is 11.6 Å². The van der Waals surface area contributed by atoms with Crippen molar-refractivity contribution in [3.63, 3.8) is 0 Å². The number of amides is 1. The van der Waals surface area contributed by atoms with E-state index in [9.17, 15) is 4.79 Å². The maximum absolute atomic E-state index is 12.0. The molecule has 1 aliphatic rings. The Hall–Kier alpha value is -2.32. The number of anilines is 1. The fraction of sp³-hybridized carbons (Fsp3) is 0.333. The third kappa shape index (κ3) is 2.81. The number of nitrogens with one attached hydrogen (secondary N) is 2. The minimum absolute atomic E-state index is 0.0973. The van der Waals surface area contributed by atoms with E-state index in [1.165, 1.54) is 6.33 Å². The molecule has 1 fully saturated rings. The number of hydrogen-bond acceptors (Lipinski definition) is 6. The number of nitrogens with zero attached hydrogens (tertiary/aromatic N) is 4. The van der Waals surface area contributed by atoms with Gasteiger partial charge in [0.2, 0.25) is 5.91 Å². The molecule has 0 radical (unpaired) electrons. The van der Waals surface area contributed by atoms with E-state index in [0.717, 1.165) is 11.4 Å². The van der Waals surface area contributed by atoms with Crippen molar-refractivity contribution < 1.29 is 9.53 Å². The molecule has 2 aromatic rings. The largest absolute Gasteiger partial charge is 0.378 e. The molecular formula is C12H14N6O2. The molecule has 2 N–H and O–H groups in total. The number of ether oxygens (including phenoxy) is 1. The average Bonchev–Trinajstić information content (AvgIpc) is 3.03. The van der Waals surface area contributed by atoms with E-state index in [1.54, 1.807) is 16.8 Å². The van der Waals surface area contributed by atoms with Crippen molar-refractivity contribution in [3.05, 3.63) is 30.6 Å². The molecule has 0 bridgehead atoms. The first-order valence-corrected chi connectivity index (χ1v) is 6.28. The van der Waals surface area contributed by atoms with Crippen LogP contribution >= 0.6 is 0 Å². The van der Waals surface area contributed by atoms with Gasteiger partial charge < -0.3 is 15.4 Å². The number of carbonyl (C=O) groups is 1. The molecule has 2 heterocycles. The Morgan fingerprint density at radius 2 is 2.25 bits per heavy atom. The lowest BCUT2D eigenvalue weighted by atomic mass is 10.2. The fourth-order valence-electron chi connectivity index (χ4n) is 1.94. The summed E-state index contributed by atoms with van der Waals surface area (Å²) in [6, 6.07) is 6.97. The summed E-state index contributed by atoms with van der Waals surface area (Å²) in [5.74, 6) is -0.0973. The predicted molar refractivity (Wildman–Crippen MR) is 70.4 cm³/mol. The maximum Gasteiger partial charge on any atom is 0.243 e. The minimum Gasteiger partial charge on any atom is -0.378 e. The number of hydrogen-bond donors (Lipinski definition) is 2. The minimum atomic E-state index is -0.303. The smallest absolute Gasteiger partial charge is 0.243 e. The van der Waals surface area contributed by atoms with Crippen molar-refractivity contribution in [2.75, 3.05) is 25.1 Å². The van der Waals surface area contributed by atoms with Gasteiger partial charge in [0.25, 0.3) is 0 Å². The molecule has 1 atom stereocenters. The molecule has 1 unspecified atom stereocenters. The zero-order valence-electron chi connectivity index (χ0n) is 10.7. The molecule has 20 heavy (non-hydrogen) atoms. The first-order chi connectivity index (χ1) is 9.83. The van der Waals surface area contributed by atoms with E-state index in [0.29, 0.717) is 19.8 Å². The van der Waals surface area contributed by atoms with Gasteiger partial charge in [0.1, 0.15) is 12.4 Å². The molecule has 0 saturated carbocycles. The Morgan fingerprint density at radius 3 is 2.90 bits per heavy atom. The summed E-state index contributed by atoms with van der Waals surface area (Å²) in [7, 11) is 0. The SMILES string of the molecule is O=C(Nc1ccc(-n2cnnn2)cc1)C1COCCN1. The molecule has 3 rings (SSSR count). The van der Waals surface area contributed by atoms with Crippen LogP contribution in [0.2, 0.25) is 0 Å². The first kappa shape index (κ1) is 12.7. The Bertz CT molecular complexity index is 562. The number of carbonyl (C=O) groups excluding carboxylic acids is 1. The third-order valence-corrected chi connectivity index (χ3v) is 2.99. The molecule has 1 saturated heterocycles. The highest BCUT2D eigenvalue weighted by Crippen LogP contribution is 2.12. The monoisotopic (exact) mass is 274 g/mol. The van der Waals surface area contributed by atoms with Gasteiger partial charge >= 0.3 is 0 Å². The van der Waals surface area contributed by atoms with Crippen LogP contribution < -0.4 is 10.6 Å². The lowest BCUT2D eigenvalue weighted by molar-refractivity contribution is -0.120. The Kier molecular flexibility index (Phi) is 3.66. The van der Waals surface area contributed by atoms with E-state index < -0.39 is 0 Å². The molecule has 1 aliphatic heterocycles. The van der Waals surface area contributed by atoms with Crippen molar-refractivity contribution in [1.29, 1.82) is 0 Å². The number of morpholine rings is 1. The van der Waals surface area contributed by atoms with Crippen LogP contribution in [-0.4, -0.2) is 51.9 Å². The van der Waals surface area contributed by atoms with Crippen LogP contribution in [0.3, 0.4) is 0 Å². The topological polar surface area (TPSA) is 94.0 Å². The van der Waals surface area contributed by atoms with Crippen molar-refractivity contribution in [3.8, 4) is 5.69 Å². The van der Waals surface area contributed by atoms with Crippen LogP contribution in [0.1, 0.15) is 0 Å². The maximum atomic E-state index is 12.0. The van der Waals surface area contributed by atoms with Gasteiger partial charge in [-0.15, -0.1) is 5.10 Å². The lowest BCUT2D eigenvalue weighted by Gasteiger charge is -2.22. The third-order valence-electron chi connectivity index (χ3n) is 2.99. The molecule has 8 heteroatoms. The molecule has 1 aromatic carbocycles. The average molecular weight is 274 g/mol. The molecule has 8 nitrogen and oxygen atoms in total. The first-order valence-electron chi connectivity index (χ1n) is 6.28. The molecule has 0 aliphatic carbocycles. The summed E-state index contributed by atoms with van der Waals surface area (Å²) < 4.78 is 6.80. The van der Waals surface area contributed by atoms with Crippen LogP contribution in [0, 0.1) is 0 Å². The zero-order chi connectivity index (χ0) is 13.8. The zero-order valence-corrected chi connectivity index (χ0v) is 10.7. The molecule has 0 spiro atoms. The van der Waals surface area contributed by atoms with Crippen LogP contribution in [0.25, 0.3) is 5.69 Å². The normalized spacial score (nSPS) is 18.7. The van der Waals surface area contributed by atoms with E-state index in [1.807, 2.05) is 12.1 Å². The standard InChI is InChI=1S/C12H14N6O2/c19-12(11-7-20-6-5-13-11)15-9-1-3-10(4-2-9)18-8-14-16-17-18/h1-4,8,11,13H,5-7H2,(H,15,19). The van der Waals surface area contributed by atoms with Crippen LogP contribution in [-0.2, 0) is 9.53 Å². The number of rotatable bonds is 3. The molecular weight excluding hydrogens is 260 g/mol. The summed E-state index contributed by atoms with van der Waals surface area (Å²) in [5, 5.41) is 16.9. The Morgan fingerprint density at radius 1 is 1.40 bits per heavy atom. The van der Waals surface area contributed by atoms with Crippen molar-refractivity contribution in [2.24, 2.45) is 0 Å². The van der Waals surface area contributed by atoms with Crippen molar-refractivity contribution in [1.82, 2.24) is 25.5 Å². The number of aromatic nitrogens is 4. The van der Waals surface area contributed by atoms with Gasteiger partial charge in [0, 0.05) is 12.2 Å². The quantitative estimate of drug-likeness (QED) is 0.790. The molecule has 1 aromatic heterocycles. The molecule has 104 valence electrons. The van der Waals surface area contributed by atoms with Gasteiger partial charge in [-0.1, -0.05) is 0 Å². The van der Waals surface area contributed by atoms with Gasteiger partial charge in [-0.05, 0) is 34.7 Å². The second kappa shape index (κ2) is 5.76. The van der Waals surface area contributed by atoms with Crippen LogP contribution in [0.15, 0.2) is 30.6 Å². The lowest BCUT2D eigenvalue weighted by Crippen LogP contribution is -2.48. The summed E-state index contributed by atoms with van der Waals surface area (Å²) in [6.45, 7) is 1.73. The van der Waals surface area contributed by atoms with Crippen molar-refractivity contribution in [2.45, 2.75) is 6.04 Å².